The standard InChI is InChI=1S/C22H23FN2O4/c1-14(26)25-11-10-15-4-2-3-5-18(15)20(25)13-21(27)24-19(12-22(28)29)16-6-8-17(23)9-7-16/h2-9,19-20H,10-13H2,1H3,(H,24,27)(H,28,29)/t19-,20+/m0/s1. The molecule has 0 saturated carbocycles. The van der Waals surface area contributed by atoms with Crippen LogP contribution in [-0.4, -0.2) is 34.3 Å². The Morgan fingerprint density at radius 2 is 1.86 bits per heavy atom. The summed E-state index contributed by atoms with van der Waals surface area (Å²) >= 11 is 0. The third kappa shape index (κ3) is 4.99. The quantitative estimate of drug-likeness (QED) is 0.783. The number of carboxylic acid groups (broad SMARTS) is 1. The molecule has 29 heavy (non-hydrogen) atoms. The van der Waals surface area contributed by atoms with Crippen molar-refractivity contribution in [1.82, 2.24) is 10.2 Å². The summed E-state index contributed by atoms with van der Waals surface area (Å²) < 4.78 is 13.2. The second-order valence-electron chi connectivity index (χ2n) is 7.15. The summed E-state index contributed by atoms with van der Waals surface area (Å²) in [7, 11) is 0. The normalized spacial score (nSPS) is 16.6. The van der Waals surface area contributed by atoms with Gasteiger partial charge in [-0.05, 0) is 35.2 Å². The molecule has 3 rings (SSSR count). The lowest BCUT2D eigenvalue weighted by molar-refractivity contribution is -0.137. The maximum atomic E-state index is 13.2. The van der Waals surface area contributed by atoms with Gasteiger partial charge in [0.1, 0.15) is 5.82 Å². The number of carbonyl (C=O) groups is 3. The highest BCUT2D eigenvalue weighted by Gasteiger charge is 2.31. The molecule has 0 saturated heterocycles. The van der Waals surface area contributed by atoms with E-state index in [1.54, 1.807) is 4.90 Å². The van der Waals surface area contributed by atoms with Crippen LogP contribution in [0.1, 0.15) is 48.5 Å². The van der Waals surface area contributed by atoms with Crippen LogP contribution in [0.25, 0.3) is 0 Å². The number of amides is 2. The van der Waals surface area contributed by atoms with Crippen LogP contribution >= 0.6 is 0 Å². The largest absolute Gasteiger partial charge is 0.481 e. The molecule has 2 N–H and O–H groups in total. The summed E-state index contributed by atoms with van der Waals surface area (Å²) in [5.41, 5.74) is 2.54. The van der Waals surface area contributed by atoms with Gasteiger partial charge in [0.2, 0.25) is 11.8 Å². The van der Waals surface area contributed by atoms with Gasteiger partial charge in [0.05, 0.1) is 24.9 Å². The van der Waals surface area contributed by atoms with Gasteiger partial charge in [0, 0.05) is 13.5 Å². The van der Waals surface area contributed by atoms with Crippen LogP contribution < -0.4 is 5.32 Å². The predicted octanol–water partition coefficient (Wildman–Crippen LogP) is 2.99. The molecule has 2 aromatic rings. The zero-order chi connectivity index (χ0) is 21.0. The highest BCUT2D eigenvalue weighted by Crippen LogP contribution is 2.32. The van der Waals surface area contributed by atoms with Crippen molar-refractivity contribution in [3.8, 4) is 0 Å². The van der Waals surface area contributed by atoms with E-state index in [0.717, 1.165) is 17.5 Å². The fourth-order valence-electron chi connectivity index (χ4n) is 3.80. The lowest BCUT2D eigenvalue weighted by atomic mass is 9.90. The van der Waals surface area contributed by atoms with Crippen LogP contribution in [-0.2, 0) is 20.8 Å². The van der Waals surface area contributed by atoms with Gasteiger partial charge in [-0.1, -0.05) is 36.4 Å². The maximum absolute atomic E-state index is 13.2. The van der Waals surface area contributed by atoms with Crippen molar-refractivity contribution in [3.63, 3.8) is 0 Å². The first-order valence-electron chi connectivity index (χ1n) is 9.46. The van der Waals surface area contributed by atoms with Crippen molar-refractivity contribution >= 4 is 17.8 Å². The Morgan fingerprint density at radius 3 is 2.52 bits per heavy atom. The van der Waals surface area contributed by atoms with Gasteiger partial charge < -0.3 is 15.3 Å². The molecule has 0 fully saturated rings. The molecule has 7 heteroatoms. The first-order chi connectivity index (χ1) is 13.8. The molecule has 0 aromatic heterocycles. The van der Waals surface area contributed by atoms with Crippen molar-refractivity contribution < 1.29 is 23.9 Å². The van der Waals surface area contributed by atoms with Gasteiger partial charge in [-0.15, -0.1) is 0 Å². The molecular formula is C22H23FN2O4. The second-order valence-corrected chi connectivity index (χ2v) is 7.15. The van der Waals surface area contributed by atoms with Crippen LogP contribution in [0, 0.1) is 5.82 Å². The molecule has 0 spiro atoms. The van der Waals surface area contributed by atoms with E-state index in [9.17, 15) is 23.9 Å². The van der Waals surface area contributed by atoms with E-state index < -0.39 is 23.9 Å². The van der Waals surface area contributed by atoms with Crippen LogP contribution in [0.3, 0.4) is 0 Å². The summed E-state index contributed by atoms with van der Waals surface area (Å²) in [6.07, 6.45) is 0.425. The van der Waals surface area contributed by atoms with E-state index in [2.05, 4.69) is 5.32 Å². The molecule has 6 nitrogen and oxygen atoms in total. The van der Waals surface area contributed by atoms with E-state index in [0.29, 0.717) is 12.1 Å². The number of nitrogens with one attached hydrogen (secondary N) is 1. The second kappa shape index (κ2) is 8.86. The number of carboxylic acids is 1. The summed E-state index contributed by atoms with van der Waals surface area (Å²) in [5.74, 6) is -2.00. The van der Waals surface area contributed by atoms with Gasteiger partial charge in [-0.25, -0.2) is 4.39 Å². The molecule has 0 aliphatic carbocycles. The maximum Gasteiger partial charge on any atom is 0.305 e. The van der Waals surface area contributed by atoms with Crippen molar-refractivity contribution in [2.45, 2.75) is 38.3 Å². The van der Waals surface area contributed by atoms with Gasteiger partial charge in [0.25, 0.3) is 0 Å². The van der Waals surface area contributed by atoms with Crippen LogP contribution in [0.2, 0.25) is 0 Å². The SMILES string of the molecule is CC(=O)N1CCc2ccccc2[C@H]1CC(=O)N[C@@H](CC(=O)O)c1ccc(F)cc1. The number of fused-ring (bicyclic) bond motifs is 1. The molecule has 2 atom stereocenters. The minimum atomic E-state index is -1.08. The molecule has 1 aliphatic heterocycles. The monoisotopic (exact) mass is 398 g/mol. The van der Waals surface area contributed by atoms with Crippen LogP contribution in [0.15, 0.2) is 48.5 Å². The average Bonchev–Trinajstić information content (AvgIpc) is 2.67. The number of hydrogen-bond donors (Lipinski definition) is 2. The predicted molar refractivity (Wildman–Crippen MR) is 104 cm³/mol. The van der Waals surface area contributed by atoms with E-state index in [4.69, 9.17) is 0 Å². The van der Waals surface area contributed by atoms with Crippen molar-refractivity contribution in [2.24, 2.45) is 0 Å². The number of aliphatic carboxylic acids is 1. The van der Waals surface area contributed by atoms with Crippen molar-refractivity contribution in [2.75, 3.05) is 6.54 Å². The lowest BCUT2D eigenvalue weighted by Crippen LogP contribution is -2.41. The summed E-state index contributed by atoms with van der Waals surface area (Å²) in [5, 5.41) is 11.9. The van der Waals surface area contributed by atoms with Crippen LogP contribution in [0.5, 0.6) is 0 Å². The number of hydrogen-bond acceptors (Lipinski definition) is 3. The molecule has 0 bridgehead atoms. The Hall–Kier alpha value is -3.22. The number of rotatable bonds is 6. The van der Waals surface area contributed by atoms with Crippen LogP contribution in [0.4, 0.5) is 4.39 Å². The minimum absolute atomic E-state index is 0.0217. The Balaban J connectivity index is 1.80. The summed E-state index contributed by atoms with van der Waals surface area (Å²) in [6.45, 7) is 2.01. The fourth-order valence-corrected chi connectivity index (χ4v) is 3.80. The first-order valence-corrected chi connectivity index (χ1v) is 9.46. The topological polar surface area (TPSA) is 86.7 Å². The first kappa shape index (κ1) is 20.5. The highest BCUT2D eigenvalue weighted by atomic mass is 19.1. The Bertz CT molecular complexity index is 913. The number of nitrogens with zero attached hydrogens (tertiary/aromatic N) is 1. The molecule has 0 radical (unpaired) electrons. The Morgan fingerprint density at radius 1 is 1.17 bits per heavy atom. The van der Waals surface area contributed by atoms with E-state index in [-0.39, 0.29) is 24.7 Å². The zero-order valence-electron chi connectivity index (χ0n) is 16.1. The Kier molecular flexibility index (Phi) is 6.26. The zero-order valence-corrected chi connectivity index (χ0v) is 16.1. The van der Waals surface area contributed by atoms with Gasteiger partial charge >= 0.3 is 5.97 Å². The third-order valence-electron chi connectivity index (χ3n) is 5.18. The Labute approximate surface area is 168 Å². The molecule has 152 valence electrons. The summed E-state index contributed by atoms with van der Waals surface area (Å²) in [4.78, 5) is 37.8. The van der Waals surface area contributed by atoms with Crippen molar-refractivity contribution in [3.05, 3.63) is 71.0 Å². The van der Waals surface area contributed by atoms with E-state index >= 15 is 0 Å². The number of carbonyl (C=O) groups excluding carboxylic acids is 2. The number of benzene rings is 2. The molecule has 1 aliphatic rings. The van der Waals surface area contributed by atoms with Gasteiger partial charge in [-0.2, -0.15) is 0 Å². The van der Waals surface area contributed by atoms with E-state index in [1.807, 2.05) is 24.3 Å². The fraction of sp³-hybridized carbons (Fsp3) is 0.318. The molecule has 2 amide bonds. The van der Waals surface area contributed by atoms with Gasteiger partial charge in [0.15, 0.2) is 0 Å². The smallest absolute Gasteiger partial charge is 0.305 e. The third-order valence-corrected chi connectivity index (χ3v) is 5.18. The average molecular weight is 398 g/mol. The van der Waals surface area contributed by atoms with Crippen molar-refractivity contribution in [1.29, 1.82) is 0 Å². The molecule has 2 aromatic carbocycles. The van der Waals surface area contributed by atoms with Gasteiger partial charge in [-0.3, -0.25) is 14.4 Å². The lowest BCUT2D eigenvalue weighted by Gasteiger charge is -2.36. The van der Waals surface area contributed by atoms with E-state index in [1.165, 1.54) is 31.2 Å². The molecular weight excluding hydrogens is 375 g/mol. The minimum Gasteiger partial charge on any atom is -0.481 e. The number of halogens is 1. The molecule has 0 unspecified atom stereocenters. The summed E-state index contributed by atoms with van der Waals surface area (Å²) in [6, 6.07) is 11.9. The highest BCUT2D eigenvalue weighted by molar-refractivity contribution is 5.80. The molecule has 1 heterocycles.